The Morgan fingerprint density at radius 3 is 2.61 bits per heavy atom. The summed E-state index contributed by atoms with van der Waals surface area (Å²) in [4.78, 5) is 13.2. The van der Waals surface area contributed by atoms with E-state index in [-0.39, 0.29) is 17.9 Å². The smallest absolute Gasteiger partial charge is 0.228 e. The SMILES string of the molecule is CC(C)[C@H]1CC[C@H](C)C[C@H]1C(=O)Nc1cc(-c2ccccc2)nn1C[C@@H](C)N. The maximum Gasteiger partial charge on any atom is 0.228 e. The third-order valence-electron chi connectivity index (χ3n) is 5.92. The topological polar surface area (TPSA) is 72.9 Å². The number of anilines is 1. The van der Waals surface area contributed by atoms with Gasteiger partial charge in [0.25, 0.3) is 0 Å². The molecule has 5 nitrogen and oxygen atoms in total. The van der Waals surface area contributed by atoms with Crippen molar-refractivity contribution >= 4 is 11.7 Å². The molecule has 1 heterocycles. The number of aromatic nitrogens is 2. The molecule has 0 bridgehead atoms. The molecule has 4 atom stereocenters. The molecule has 0 spiro atoms. The summed E-state index contributed by atoms with van der Waals surface area (Å²) in [5, 5.41) is 7.90. The minimum Gasteiger partial charge on any atom is -0.326 e. The summed E-state index contributed by atoms with van der Waals surface area (Å²) in [7, 11) is 0. The predicted octanol–water partition coefficient (Wildman–Crippen LogP) is 4.54. The Kier molecular flexibility index (Phi) is 6.55. The average molecular weight is 383 g/mol. The van der Waals surface area contributed by atoms with E-state index in [9.17, 15) is 4.79 Å². The molecule has 1 aromatic carbocycles. The number of hydrogen-bond acceptors (Lipinski definition) is 3. The van der Waals surface area contributed by atoms with Crippen molar-refractivity contribution in [3.8, 4) is 11.3 Å². The van der Waals surface area contributed by atoms with Gasteiger partial charge in [0, 0.05) is 23.6 Å². The van der Waals surface area contributed by atoms with Crippen molar-refractivity contribution in [2.45, 2.75) is 59.5 Å². The predicted molar refractivity (Wildman–Crippen MR) is 115 cm³/mol. The molecule has 1 aliphatic carbocycles. The first-order valence-electron chi connectivity index (χ1n) is 10.5. The van der Waals surface area contributed by atoms with Gasteiger partial charge < -0.3 is 11.1 Å². The van der Waals surface area contributed by atoms with Crippen LogP contribution in [-0.2, 0) is 11.3 Å². The second kappa shape index (κ2) is 8.91. The highest BCUT2D eigenvalue weighted by atomic mass is 16.2. The maximum atomic E-state index is 13.2. The fourth-order valence-electron chi connectivity index (χ4n) is 4.40. The molecule has 0 aliphatic heterocycles. The number of carbonyl (C=O) groups is 1. The minimum atomic E-state index is -0.0442. The van der Waals surface area contributed by atoms with Crippen molar-refractivity contribution in [2.24, 2.45) is 29.4 Å². The van der Waals surface area contributed by atoms with Crippen molar-refractivity contribution in [1.29, 1.82) is 0 Å². The zero-order valence-electron chi connectivity index (χ0n) is 17.6. The Morgan fingerprint density at radius 1 is 1.25 bits per heavy atom. The standard InChI is InChI=1S/C23H34N4O/c1-15(2)19-11-10-16(3)12-20(19)23(28)25-22-13-21(18-8-6-5-7-9-18)26-27(22)14-17(4)24/h5-9,13,15-17,19-20H,10-12,14,24H2,1-4H3,(H,25,28)/t16-,17+,19+,20+/m0/s1. The zero-order chi connectivity index (χ0) is 20.3. The van der Waals surface area contributed by atoms with Crippen LogP contribution < -0.4 is 11.1 Å². The van der Waals surface area contributed by atoms with E-state index in [1.165, 1.54) is 6.42 Å². The second-order valence-corrected chi connectivity index (χ2v) is 8.86. The molecule has 1 aromatic heterocycles. The van der Waals surface area contributed by atoms with Crippen molar-refractivity contribution in [3.05, 3.63) is 36.4 Å². The van der Waals surface area contributed by atoms with Gasteiger partial charge in [-0.3, -0.25) is 4.79 Å². The van der Waals surface area contributed by atoms with Gasteiger partial charge in [0.15, 0.2) is 0 Å². The van der Waals surface area contributed by atoms with Crippen molar-refractivity contribution in [1.82, 2.24) is 9.78 Å². The largest absolute Gasteiger partial charge is 0.326 e. The summed E-state index contributed by atoms with van der Waals surface area (Å²) >= 11 is 0. The highest BCUT2D eigenvalue weighted by Crippen LogP contribution is 2.38. The Morgan fingerprint density at radius 2 is 1.96 bits per heavy atom. The quantitative estimate of drug-likeness (QED) is 0.770. The summed E-state index contributed by atoms with van der Waals surface area (Å²) in [5.41, 5.74) is 7.91. The highest BCUT2D eigenvalue weighted by molar-refractivity contribution is 5.92. The van der Waals surface area contributed by atoms with Gasteiger partial charge in [0.2, 0.25) is 5.91 Å². The van der Waals surface area contributed by atoms with Gasteiger partial charge >= 0.3 is 0 Å². The number of carbonyl (C=O) groups excluding carboxylic acids is 1. The van der Waals surface area contributed by atoms with Gasteiger partial charge in [-0.15, -0.1) is 0 Å². The minimum absolute atomic E-state index is 0.0442. The van der Waals surface area contributed by atoms with Crippen molar-refractivity contribution < 1.29 is 4.79 Å². The van der Waals surface area contributed by atoms with Gasteiger partial charge in [-0.2, -0.15) is 5.10 Å². The first-order chi connectivity index (χ1) is 13.3. The summed E-state index contributed by atoms with van der Waals surface area (Å²) < 4.78 is 1.83. The van der Waals surface area contributed by atoms with E-state index < -0.39 is 0 Å². The number of rotatable bonds is 6. The molecule has 0 radical (unpaired) electrons. The van der Waals surface area contributed by atoms with E-state index >= 15 is 0 Å². The zero-order valence-corrected chi connectivity index (χ0v) is 17.6. The van der Waals surface area contributed by atoms with E-state index in [0.29, 0.717) is 24.3 Å². The third kappa shape index (κ3) is 4.82. The van der Waals surface area contributed by atoms with Crippen LogP contribution in [0.15, 0.2) is 36.4 Å². The first kappa shape index (κ1) is 20.6. The van der Waals surface area contributed by atoms with Gasteiger partial charge in [0.05, 0.1) is 12.2 Å². The number of nitrogens with two attached hydrogens (primary N) is 1. The van der Waals surface area contributed by atoms with E-state index in [1.807, 2.05) is 48.0 Å². The van der Waals surface area contributed by atoms with Crippen LogP contribution in [-0.4, -0.2) is 21.7 Å². The molecule has 3 N–H and O–H groups in total. The summed E-state index contributed by atoms with van der Waals surface area (Å²) in [6.45, 7) is 9.23. The number of hydrogen-bond donors (Lipinski definition) is 2. The maximum absolute atomic E-state index is 13.2. The van der Waals surface area contributed by atoms with Crippen LogP contribution in [0.5, 0.6) is 0 Å². The summed E-state index contributed by atoms with van der Waals surface area (Å²) in [6, 6.07) is 12.0. The van der Waals surface area contributed by atoms with Crippen molar-refractivity contribution in [2.75, 3.05) is 5.32 Å². The van der Waals surface area contributed by atoms with E-state index in [4.69, 9.17) is 10.8 Å². The molecule has 1 aliphatic rings. The van der Waals surface area contributed by atoms with Crippen LogP contribution in [0, 0.1) is 23.7 Å². The first-order valence-corrected chi connectivity index (χ1v) is 10.5. The van der Waals surface area contributed by atoms with Gasteiger partial charge in [0.1, 0.15) is 5.82 Å². The lowest BCUT2D eigenvalue weighted by Crippen LogP contribution is -2.37. The number of nitrogens with zero attached hydrogens (tertiary/aromatic N) is 2. The highest BCUT2D eigenvalue weighted by Gasteiger charge is 2.35. The van der Waals surface area contributed by atoms with E-state index in [1.54, 1.807) is 0 Å². The van der Waals surface area contributed by atoms with Gasteiger partial charge in [-0.25, -0.2) is 4.68 Å². The molecule has 0 saturated heterocycles. The number of amides is 1. The Bertz CT molecular complexity index is 781. The third-order valence-corrected chi connectivity index (χ3v) is 5.92. The lowest BCUT2D eigenvalue weighted by molar-refractivity contribution is -0.124. The number of nitrogens with one attached hydrogen (secondary N) is 1. The van der Waals surface area contributed by atoms with Crippen molar-refractivity contribution in [3.63, 3.8) is 0 Å². The van der Waals surface area contributed by atoms with Crippen LogP contribution in [0.2, 0.25) is 0 Å². The Hall–Kier alpha value is -2.14. The Balaban J connectivity index is 1.85. The van der Waals surface area contributed by atoms with E-state index in [0.717, 1.165) is 29.9 Å². The molecular weight excluding hydrogens is 348 g/mol. The van der Waals surface area contributed by atoms with Crippen LogP contribution in [0.1, 0.15) is 47.0 Å². The Labute approximate surface area is 168 Å². The normalized spacial score (nSPS) is 23.6. The molecule has 2 aromatic rings. The molecule has 5 heteroatoms. The molecule has 28 heavy (non-hydrogen) atoms. The average Bonchev–Trinajstić information content (AvgIpc) is 3.03. The molecule has 152 valence electrons. The van der Waals surface area contributed by atoms with Crippen LogP contribution >= 0.6 is 0 Å². The fourth-order valence-corrected chi connectivity index (χ4v) is 4.40. The lowest BCUT2D eigenvalue weighted by Gasteiger charge is -2.36. The molecule has 3 rings (SSSR count). The fraction of sp³-hybridized carbons (Fsp3) is 0.565. The van der Waals surface area contributed by atoms with E-state index in [2.05, 4.69) is 26.1 Å². The van der Waals surface area contributed by atoms with Crippen LogP contribution in [0.25, 0.3) is 11.3 Å². The monoisotopic (exact) mass is 382 g/mol. The van der Waals surface area contributed by atoms with Crippen LogP contribution in [0.4, 0.5) is 5.82 Å². The number of benzene rings is 1. The second-order valence-electron chi connectivity index (χ2n) is 8.86. The molecule has 0 unspecified atom stereocenters. The molecule has 1 fully saturated rings. The summed E-state index contributed by atoms with van der Waals surface area (Å²) in [5.74, 6) is 2.46. The molecule has 1 amide bonds. The summed E-state index contributed by atoms with van der Waals surface area (Å²) in [6.07, 6.45) is 3.31. The van der Waals surface area contributed by atoms with Crippen LogP contribution in [0.3, 0.4) is 0 Å². The van der Waals surface area contributed by atoms with Gasteiger partial charge in [-0.05, 0) is 37.5 Å². The lowest BCUT2D eigenvalue weighted by atomic mass is 9.70. The van der Waals surface area contributed by atoms with Gasteiger partial charge in [-0.1, -0.05) is 57.5 Å². The molecule has 1 saturated carbocycles. The molecular formula is C23H34N4O.